The number of amides is 1. The van der Waals surface area contributed by atoms with Gasteiger partial charge in [0, 0.05) is 16.9 Å². The van der Waals surface area contributed by atoms with Crippen LogP contribution in [0, 0.1) is 0 Å². The van der Waals surface area contributed by atoms with Gasteiger partial charge in [-0.15, -0.1) is 23.4 Å². The summed E-state index contributed by atoms with van der Waals surface area (Å²) in [5.74, 6) is -0.133. The highest BCUT2D eigenvalue weighted by Gasteiger charge is 2.44. The molecule has 9 nitrogen and oxygen atoms in total. The summed E-state index contributed by atoms with van der Waals surface area (Å²) in [6.07, 6.45) is -4.47. The van der Waals surface area contributed by atoms with Crippen LogP contribution in [0.15, 0.2) is 22.6 Å². The SMILES string of the molecule is O=C1CC(C(=O)NC2(CO)CCC(c3nnc(C4CC(OC(F)(F)F)C4)o3)CC2)Oc2ccc(Cl)cc21. The molecule has 200 valence electrons. The number of nitrogens with one attached hydrogen (secondary N) is 1. The molecule has 2 aliphatic carbocycles. The first-order chi connectivity index (χ1) is 17.5. The number of carbonyl (C=O) groups is 2. The summed E-state index contributed by atoms with van der Waals surface area (Å²) >= 11 is 5.94. The van der Waals surface area contributed by atoms with Crippen molar-refractivity contribution in [3.63, 3.8) is 0 Å². The van der Waals surface area contributed by atoms with Crippen molar-refractivity contribution in [2.45, 2.75) is 80.9 Å². The Kier molecular flexibility index (Phi) is 6.92. The first-order valence-electron chi connectivity index (χ1n) is 12.0. The topological polar surface area (TPSA) is 124 Å². The first-order valence-corrected chi connectivity index (χ1v) is 12.4. The van der Waals surface area contributed by atoms with Crippen LogP contribution >= 0.6 is 11.6 Å². The molecule has 2 saturated carbocycles. The third-order valence-corrected chi connectivity index (χ3v) is 7.59. The number of halogens is 4. The molecule has 0 spiro atoms. The standard InChI is InChI=1S/C24H25ClF3N3O6/c25-14-1-2-18-16(9-14)17(33)10-19(35-18)20(34)29-23(11-32)5-3-12(4-6-23)21-30-31-22(36-21)13-7-15(8-13)37-24(26,27)28/h1-2,9,12-13,15,19,32H,3-8,10-11H2,(H,29,34). The second-order valence-electron chi connectivity index (χ2n) is 9.91. The van der Waals surface area contributed by atoms with Crippen LogP contribution in [-0.4, -0.2) is 57.7 Å². The van der Waals surface area contributed by atoms with E-state index in [9.17, 15) is 27.9 Å². The molecule has 1 aromatic heterocycles. The minimum Gasteiger partial charge on any atom is -0.479 e. The number of aliphatic hydroxyl groups excluding tert-OH is 1. The quantitative estimate of drug-likeness (QED) is 0.559. The Morgan fingerprint density at radius 1 is 1.19 bits per heavy atom. The number of fused-ring (bicyclic) bond motifs is 1. The molecule has 1 aromatic carbocycles. The molecule has 5 rings (SSSR count). The number of ketones is 1. The molecule has 37 heavy (non-hydrogen) atoms. The van der Waals surface area contributed by atoms with Gasteiger partial charge in [0.2, 0.25) is 11.8 Å². The molecule has 1 aliphatic heterocycles. The lowest BCUT2D eigenvalue weighted by molar-refractivity contribution is -0.352. The number of carbonyl (C=O) groups excluding carboxylic acids is 2. The van der Waals surface area contributed by atoms with E-state index in [4.69, 9.17) is 20.8 Å². The van der Waals surface area contributed by atoms with E-state index >= 15 is 0 Å². The van der Waals surface area contributed by atoms with Gasteiger partial charge in [0.05, 0.1) is 30.2 Å². The van der Waals surface area contributed by atoms with Crippen LogP contribution in [-0.2, 0) is 9.53 Å². The van der Waals surface area contributed by atoms with Gasteiger partial charge in [-0.2, -0.15) is 0 Å². The Morgan fingerprint density at radius 3 is 2.51 bits per heavy atom. The summed E-state index contributed by atoms with van der Waals surface area (Å²) < 4.78 is 52.5. The molecular weight excluding hydrogens is 519 g/mol. The zero-order chi connectivity index (χ0) is 26.4. The maximum atomic E-state index is 13.0. The maximum absolute atomic E-state index is 13.0. The van der Waals surface area contributed by atoms with Gasteiger partial charge in [-0.1, -0.05) is 11.6 Å². The van der Waals surface area contributed by atoms with Gasteiger partial charge in [0.15, 0.2) is 11.9 Å². The van der Waals surface area contributed by atoms with Crippen molar-refractivity contribution in [2.75, 3.05) is 6.61 Å². The summed E-state index contributed by atoms with van der Waals surface area (Å²) in [4.78, 5) is 25.5. The van der Waals surface area contributed by atoms with Crippen molar-refractivity contribution in [3.8, 4) is 5.75 Å². The van der Waals surface area contributed by atoms with E-state index in [0.29, 0.717) is 48.1 Å². The molecule has 0 radical (unpaired) electrons. The van der Waals surface area contributed by atoms with E-state index in [1.165, 1.54) is 6.07 Å². The van der Waals surface area contributed by atoms with E-state index in [1.54, 1.807) is 12.1 Å². The third kappa shape index (κ3) is 5.60. The number of benzene rings is 1. The lowest BCUT2D eigenvalue weighted by Crippen LogP contribution is -2.57. The van der Waals surface area contributed by atoms with Gasteiger partial charge < -0.3 is 19.6 Å². The lowest BCUT2D eigenvalue weighted by atomic mass is 9.76. The predicted molar refractivity (Wildman–Crippen MR) is 121 cm³/mol. The fourth-order valence-corrected chi connectivity index (χ4v) is 5.33. The van der Waals surface area contributed by atoms with Crippen molar-refractivity contribution < 1.29 is 41.8 Å². The fraction of sp³-hybridized carbons (Fsp3) is 0.583. The second-order valence-corrected chi connectivity index (χ2v) is 10.3. The van der Waals surface area contributed by atoms with Crippen molar-refractivity contribution in [3.05, 3.63) is 40.6 Å². The minimum atomic E-state index is -4.66. The van der Waals surface area contributed by atoms with E-state index in [1.807, 2.05) is 0 Å². The number of aromatic nitrogens is 2. The van der Waals surface area contributed by atoms with Crippen molar-refractivity contribution in [2.24, 2.45) is 0 Å². The van der Waals surface area contributed by atoms with Gasteiger partial charge >= 0.3 is 6.36 Å². The summed E-state index contributed by atoms with van der Waals surface area (Å²) in [7, 11) is 0. The van der Waals surface area contributed by atoms with Crippen LogP contribution in [0.25, 0.3) is 0 Å². The summed E-state index contributed by atoms with van der Waals surface area (Å²) in [5.41, 5.74) is -0.558. The number of rotatable bonds is 6. The van der Waals surface area contributed by atoms with Crippen LogP contribution in [0.2, 0.25) is 5.02 Å². The average molecular weight is 544 g/mol. The van der Waals surface area contributed by atoms with Crippen molar-refractivity contribution in [1.82, 2.24) is 15.5 Å². The van der Waals surface area contributed by atoms with E-state index in [2.05, 4.69) is 20.3 Å². The highest BCUT2D eigenvalue weighted by molar-refractivity contribution is 6.31. The lowest BCUT2D eigenvalue weighted by Gasteiger charge is -2.39. The van der Waals surface area contributed by atoms with Crippen molar-refractivity contribution in [1.29, 1.82) is 0 Å². The van der Waals surface area contributed by atoms with Crippen LogP contribution in [0.5, 0.6) is 5.75 Å². The van der Waals surface area contributed by atoms with Gasteiger partial charge in [0.25, 0.3) is 5.91 Å². The normalized spacial score (nSPS) is 29.7. The Balaban J connectivity index is 1.15. The zero-order valence-electron chi connectivity index (χ0n) is 19.6. The molecule has 0 saturated heterocycles. The monoisotopic (exact) mass is 543 g/mol. The van der Waals surface area contributed by atoms with E-state index in [-0.39, 0.29) is 49.2 Å². The number of hydrogen-bond donors (Lipinski definition) is 2. The number of alkyl halides is 3. The highest BCUT2D eigenvalue weighted by Crippen LogP contribution is 2.43. The Labute approximate surface area is 214 Å². The van der Waals surface area contributed by atoms with E-state index in [0.717, 1.165) is 0 Å². The van der Waals surface area contributed by atoms with Gasteiger partial charge in [-0.25, -0.2) is 0 Å². The summed E-state index contributed by atoms with van der Waals surface area (Å²) in [5, 5.41) is 21.5. The summed E-state index contributed by atoms with van der Waals surface area (Å²) in [6.45, 7) is -0.296. The van der Waals surface area contributed by atoms with Crippen LogP contribution in [0.4, 0.5) is 13.2 Å². The van der Waals surface area contributed by atoms with Gasteiger partial charge in [-0.05, 0) is 56.7 Å². The number of ether oxygens (including phenoxy) is 2. The first kappa shape index (κ1) is 25.9. The predicted octanol–water partition coefficient (Wildman–Crippen LogP) is 4.04. The molecule has 2 fully saturated rings. The molecular formula is C24H25ClF3N3O6. The molecule has 1 unspecified atom stereocenters. The molecule has 0 bridgehead atoms. The average Bonchev–Trinajstić information content (AvgIpc) is 3.31. The maximum Gasteiger partial charge on any atom is 0.522 e. The highest BCUT2D eigenvalue weighted by atomic mass is 35.5. The van der Waals surface area contributed by atoms with Gasteiger partial charge in [0.1, 0.15) is 5.75 Å². The Hall–Kier alpha value is -2.70. The largest absolute Gasteiger partial charge is 0.522 e. The molecule has 13 heteroatoms. The van der Waals surface area contributed by atoms with Crippen LogP contribution in [0.3, 0.4) is 0 Å². The zero-order valence-corrected chi connectivity index (χ0v) is 20.3. The fourth-order valence-electron chi connectivity index (χ4n) is 5.15. The smallest absolute Gasteiger partial charge is 0.479 e. The Bertz CT molecular complexity index is 1170. The molecule has 1 atom stereocenters. The molecule has 3 aliphatic rings. The van der Waals surface area contributed by atoms with Crippen LogP contribution in [0.1, 0.15) is 78.9 Å². The molecule has 2 aromatic rings. The third-order valence-electron chi connectivity index (χ3n) is 7.36. The second kappa shape index (κ2) is 9.88. The number of aliphatic hydroxyl groups is 1. The minimum absolute atomic E-state index is 0.107. The summed E-state index contributed by atoms with van der Waals surface area (Å²) in [6, 6.07) is 4.63. The van der Waals surface area contributed by atoms with Crippen LogP contribution < -0.4 is 10.1 Å². The molecule has 1 amide bonds. The molecule has 2 N–H and O–H groups in total. The molecule has 2 heterocycles. The van der Waals surface area contributed by atoms with Crippen molar-refractivity contribution >= 4 is 23.3 Å². The van der Waals surface area contributed by atoms with E-state index < -0.39 is 30.0 Å². The number of Topliss-reactive ketones (excluding diaryl/α,β-unsaturated/α-hetero) is 1. The Morgan fingerprint density at radius 2 is 1.86 bits per heavy atom. The number of hydrogen-bond acceptors (Lipinski definition) is 8. The number of nitrogens with zero attached hydrogens (tertiary/aromatic N) is 2. The van der Waals surface area contributed by atoms with Gasteiger partial charge in [-0.3, -0.25) is 14.3 Å².